The van der Waals surface area contributed by atoms with Gasteiger partial charge in [-0.3, -0.25) is 15.0 Å². The molecule has 0 bridgehead atoms. The molecule has 8 heteroatoms. The molecule has 0 radical (unpaired) electrons. The van der Waals surface area contributed by atoms with Gasteiger partial charge in [-0.2, -0.15) is 0 Å². The van der Waals surface area contributed by atoms with E-state index in [1.165, 1.54) is 5.01 Å². The highest BCUT2D eigenvalue weighted by molar-refractivity contribution is 8.13. The quantitative estimate of drug-likeness (QED) is 0.488. The Hall–Kier alpha value is -2.22. The predicted octanol–water partition coefficient (Wildman–Crippen LogP) is 3.99. The Morgan fingerprint density at radius 2 is 1.83 bits per heavy atom. The number of hydrogen-bond donors (Lipinski definition) is 2. The van der Waals surface area contributed by atoms with Crippen LogP contribution in [0.5, 0.6) is 0 Å². The number of alkyl carbamates (subject to hydrolysis) is 1. The van der Waals surface area contributed by atoms with Gasteiger partial charge in [0.1, 0.15) is 5.60 Å². The van der Waals surface area contributed by atoms with E-state index in [1.54, 1.807) is 20.8 Å². The molecule has 0 saturated heterocycles. The van der Waals surface area contributed by atoms with Crippen LogP contribution in [0.1, 0.15) is 46.6 Å². The van der Waals surface area contributed by atoms with Gasteiger partial charge >= 0.3 is 6.09 Å². The van der Waals surface area contributed by atoms with Crippen molar-refractivity contribution in [1.29, 1.82) is 0 Å². The van der Waals surface area contributed by atoms with E-state index in [1.807, 2.05) is 44.2 Å². The van der Waals surface area contributed by atoms with Crippen LogP contribution in [0.3, 0.4) is 0 Å². The first-order valence-electron chi connectivity index (χ1n) is 9.88. The lowest BCUT2D eigenvalue weighted by molar-refractivity contribution is -0.128. The maximum atomic E-state index is 12.6. The summed E-state index contributed by atoms with van der Waals surface area (Å²) in [6.45, 7) is 9.73. The van der Waals surface area contributed by atoms with Gasteiger partial charge in [-0.15, -0.1) is 0 Å². The number of ether oxygens (including phenoxy) is 1. The van der Waals surface area contributed by atoms with Crippen LogP contribution >= 0.6 is 11.8 Å². The second-order valence-corrected chi connectivity index (χ2v) is 8.91. The van der Waals surface area contributed by atoms with Crippen molar-refractivity contribution in [1.82, 2.24) is 15.8 Å². The summed E-state index contributed by atoms with van der Waals surface area (Å²) in [4.78, 5) is 36.6. The van der Waals surface area contributed by atoms with Crippen molar-refractivity contribution < 1.29 is 19.1 Å². The topological polar surface area (TPSA) is 87.7 Å². The molecule has 0 aliphatic carbocycles. The minimum Gasteiger partial charge on any atom is -0.444 e. The fourth-order valence-corrected chi connectivity index (χ4v) is 2.98. The van der Waals surface area contributed by atoms with E-state index >= 15 is 0 Å². The summed E-state index contributed by atoms with van der Waals surface area (Å²) >= 11 is 1.13. The van der Waals surface area contributed by atoms with E-state index in [-0.39, 0.29) is 17.1 Å². The van der Waals surface area contributed by atoms with Crippen LogP contribution in [0.15, 0.2) is 30.3 Å². The number of nitrogens with one attached hydrogen (secondary N) is 2. The summed E-state index contributed by atoms with van der Waals surface area (Å²) in [6.07, 6.45) is 0.581. The van der Waals surface area contributed by atoms with Gasteiger partial charge in [0.05, 0.1) is 0 Å². The molecule has 3 amide bonds. The third-order valence-corrected chi connectivity index (χ3v) is 4.55. The van der Waals surface area contributed by atoms with E-state index in [4.69, 9.17) is 4.74 Å². The molecule has 0 fully saturated rings. The van der Waals surface area contributed by atoms with Crippen molar-refractivity contribution in [2.24, 2.45) is 5.92 Å². The molecule has 1 aromatic carbocycles. The van der Waals surface area contributed by atoms with E-state index in [9.17, 15) is 14.4 Å². The Kier molecular flexibility index (Phi) is 10.6. The second kappa shape index (κ2) is 12.4. The number of nitrogens with zero attached hydrogens (tertiary/aromatic N) is 1. The lowest BCUT2D eigenvalue weighted by Gasteiger charge is -2.25. The van der Waals surface area contributed by atoms with Crippen LogP contribution in [0.4, 0.5) is 9.59 Å². The van der Waals surface area contributed by atoms with Crippen molar-refractivity contribution in [2.45, 2.75) is 53.1 Å². The number of benzene rings is 1. The summed E-state index contributed by atoms with van der Waals surface area (Å²) < 4.78 is 5.18. The Balaban J connectivity index is 2.53. The molecular formula is C21H33N3O4S. The highest BCUT2D eigenvalue weighted by Gasteiger charge is 2.21. The maximum Gasteiger partial charge on any atom is 0.407 e. The monoisotopic (exact) mass is 423 g/mol. The van der Waals surface area contributed by atoms with Gasteiger partial charge in [-0.05, 0) is 44.9 Å². The van der Waals surface area contributed by atoms with Crippen molar-refractivity contribution >= 4 is 29.0 Å². The van der Waals surface area contributed by atoms with E-state index in [2.05, 4.69) is 10.7 Å². The second-order valence-electron chi connectivity index (χ2n) is 7.70. The summed E-state index contributed by atoms with van der Waals surface area (Å²) in [5.74, 6) is 0.124. The van der Waals surface area contributed by atoms with E-state index in [0.717, 1.165) is 17.3 Å². The zero-order chi connectivity index (χ0) is 21.9. The van der Waals surface area contributed by atoms with Crippen LogP contribution in [-0.4, -0.2) is 46.7 Å². The molecule has 0 aliphatic rings. The lowest BCUT2D eigenvalue weighted by Crippen LogP contribution is -2.48. The molecule has 0 saturated carbocycles. The summed E-state index contributed by atoms with van der Waals surface area (Å²) in [5.41, 5.74) is 3.23. The molecule has 0 aliphatic heterocycles. The van der Waals surface area contributed by atoms with Crippen molar-refractivity contribution in [3.63, 3.8) is 0 Å². The van der Waals surface area contributed by atoms with Gasteiger partial charge in [0, 0.05) is 19.0 Å². The number of carbonyl (C=O) groups excluding carboxylic acids is 3. The zero-order valence-electron chi connectivity index (χ0n) is 18.0. The standard InChI is InChI=1S/C21H33N3O4S/c1-6-29-20(27)24(14-10-13-22-19(26)28-21(3,4)5)23-18(25)16(2)15-17-11-8-7-9-12-17/h7-9,11-12,16H,6,10,13-15H2,1-5H3,(H,22,26)(H,23,25)/t16-/m0/s1. The van der Waals surface area contributed by atoms with Crippen LogP contribution in [0.2, 0.25) is 0 Å². The molecule has 7 nitrogen and oxygen atoms in total. The highest BCUT2D eigenvalue weighted by Crippen LogP contribution is 2.11. The van der Waals surface area contributed by atoms with Gasteiger partial charge in [-0.1, -0.05) is 55.9 Å². The Morgan fingerprint density at radius 3 is 2.41 bits per heavy atom. The Labute approximate surface area is 177 Å². The van der Waals surface area contributed by atoms with E-state index < -0.39 is 11.7 Å². The fourth-order valence-electron chi connectivity index (χ4n) is 2.44. The molecule has 0 spiro atoms. The number of amides is 3. The molecule has 0 aromatic heterocycles. The first-order valence-corrected chi connectivity index (χ1v) is 10.9. The molecule has 1 aromatic rings. The molecule has 1 rings (SSSR count). The SMILES string of the molecule is CCSC(=O)N(CCCNC(=O)OC(C)(C)C)NC(=O)[C@@H](C)Cc1ccccc1. The van der Waals surface area contributed by atoms with Crippen LogP contribution in [-0.2, 0) is 16.0 Å². The van der Waals surface area contributed by atoms with Gasteiger partial charge in [0.2, 0.25) is 5.91 Å². The minimum atomic E-state index is -0.563. The molecule has 0 heterocycles. The summed E-state index contributed by atoms with van der Waals surface area (Å²) in [7, 11) is 0. The lowest BCUT2D eigenvalue weighted by atomic mass is 10.0. The molecule has 162 valence electrons. The first kappa shape index (κ1) is 24.8. The average Bonchev–Trinajstić information content (AvgIpc) is 2.63. The Morgan fingerprint density at radius 1 is 1.17 bits per heavy atom. The third-order valence-electron chi connectivity index (χ3n) is 3.79. The van der Waals surface area contributed by atoms with Gasteiger partial charge < -0.3 is 10.1 Å². The molecular weight excluding hydrogens is 390 g/mol. The largest absolute Gasteiger partial charge is 0.444 e. The minimum absolute atomic E-state index is 0.209. The van der Waals surface area contributed by atoms with Crippen molar-refractivity contribution in [3.8, 4) is 0 Å². The van der Waals surface area contributed by atoms with Crippen LogP contribution in [0, 0.1) is 5.92 Å². The van der Waals surface area contributed by atoms with Crippen LogP contribution in [0.25, 0.3) is 0 Å². The number of carbonyl (C=O) groups is 3. The third kappa shape index (κ3) is 10.8. The summed E-state index contributed by atoms with van der Waals surface area (Å²) in [5, 5.41) is 3.77. The zero-order valence-corrected chi connectivity index (χ0v) is 18.8. The van der Waals surface area contributed by atoms with Gasteiger partial charge in [0.25, 0.3) is 5.24 Å². The number of thioether (sulfide) groups is 1. The summed E-state index contributed by atoms with van der Waals surface area (Å²) in [6, 6.07) is 9.75. The normalized spacial score (nSPS) is 12.0. The number of hydrogen-bond acceptors (Lipinski definition) is 5. The fraction of sp³-hybridized carbons (Fsp3) is 0.571. The maximum absolute atomic E-state index is 12.6. The van der Waals surface area contributed by atoms with Crippen LogP contribution < -0.4 is 10.7 Å². The van der Waals surface area contributed by atoms with Crippen molar-refractivity contribution in [2.75, 3.05) is 18.8 Å². The highest BCUT2D eigenvalue weighted by atomic mass is 32.2. The molecule has 2 N–H and O–H groups in total. The van der Waals surface area contributed by atoms with Crippen molar-refractivity contribution in [3.05, 3.63) is 35.9 Å². The number of rotatable bonds is 8. The molecule has 1 atom stereocenters. The average molecular weight is 424 g/mol. The number of hydrazine groups is 1. The molecule has 0 unspecified atom stereocenters. The first-order chi connectivity index (χ1) is 13.6. The van der Waals surface area contributed by atoms with Gasteiger partial charge in [-0.25, -0.2) is 9.80 Å². The predicted molar refractivity (Wildman–Crippen MR) is 117 cm³/mol. The Bertz CT molecular complexity index is 662. The smallest absolute Gasteiger partial charge is 0.407 e. The molecule has 29 heavy (non-hydrogen) atoms. The van der Waals surface area contributed by atoms with Gasteiger partial charge in [0.15, 0.2) is 0 Å². The van der Waals surface area contributed by atoms with E-state index in [0.29, 0.717) is 31.7 Å².